The molecule has 3 rings (SSSR count). The van der Waals surface area contributed by atoms with Gasteiger partial charge in [-0.05, 0) is 49.8 Å². The van der Waals surface area contributed by atoms with Crippen molar-refractivity contribution in [1.29, 1.82) is 0 Å². The largest absolute Gasteiger partial charge is 0.356 e. The summed E-state index contributed by atoms with van der Waals surface area (Å²) in [5, 5.41) is 2.96. The number of nitrogens with zero attached hydrogens (tertiary/aromatic N) is 1. The van der Waals surface area contributed by atoms with E-state index < -0.39 is 0 Å². The zero-order valence-electron chi connectivity index (χ0n) is 14.7. The summed E-state index contributed by atoms with van der Waals surface area (Å²) in [6, 6.07) is 6.44. The summed E-state index contributed by atoms with van der Waals surface area (Å²) in [6.45, 7) is 2.15. The van der Waals surface area contributed by atoms with Crippen LogP contribution in [0, 0.1) is 17.7 Å². The number of amides is 2. The fraction of sp³-hybridized carbons (Fsp3) is 0.600. The number of benzene rings is 1. The average molecular weight is 346 g/mol. The smallest absolute Gasteiger partial charge is 0.226 e. The summed E-state index contributed by atoms with van der Waals surface area (Å²) in [4.78, 5) is 27.3. The van der Waals surface area contributed by atoms with Gasteiger partial charge in [-0.3, -0.25) is 9.59 Å². The Morgan fingerprint density at radius 1 is 1.08 bits per heavy atom. The number of rotatable bonds is 5. The predicted molar refractivity (Wildman–Crippen MR) is 94.4 cm³/mol. The minimum Gasteiger partial charge on any atom is -0.356 e. The van der Waals surface area contributed by atoms with Gasteiger partial charge in [0.2, 0.25) is 11.8 Å². The molecule has 2 fully saturated rings. The van der Waals surface area contributed by atoms with Crippen LogP contribution in [0.4, 0.5) is 4.39 Å². The minimum atomic E-state index is -0.257. The number of carbonyl (C=O) groups is 2. The highest BCUT2D eigenvalue weighted by molar-refractivity contribution is 5.88. The highest BCUT2D eigenvalue weighted by Crippen LogP contribution is 2.32. The number of halogens is 1. The van der Waals surface area contributed by atoms with Crippen molar-refractivity contribution in [3.05, 3.63) is 35.6 Å². The van der Waals surface area contributed by atoms with Gasteiger partial charge in [-0.2, -0.15) is 0 Å². The molecule has 5 heteroatoms. The number of nitrogens with one attached hydrogen (secondary N) is 1. The van der Waals surface area contributed by atoms with Crippen LogP contribution in [0.3, 0.4) is 0 Å². The van der Waals surface area contributed by atoms with Crippen LogP contribution >= 0.6 is 0 Å². The maximum absolute atomic E-state index is 13.2. The molecular formula is C20H27FN2O2. The van der Waals surface area contributed by atoms with Crippen molar-refractivity contribution >= 4 is 11.8 Å². The molecule has 0 radical (unpaired) electrons. The molecule has 1 saturated heterocycles. The molecule has 1 aliphatic carbocycles. The van der Waals surface area contributed by atoms with Crippen molar-refractivity contribution in [2.45, 2.75) is 44.9 Å². The number of hydrogen-bond acceptors (Lipinski definition) is 2. The van der Waals surface area contributed by atoms with Gasteiger partial charge in [0, 0.05) is 31.5 Å². The second-order valence-electron chi connectivity index (χ2n) is 7.20. The van der Waals surface area contributed by atoms with E-state index in [-0.39, 0.29) is 29.5 Å². The summed E-state index contributed by atoms with van der Waals surface area (Å²) in [6.07, 6.45) is 6.38. The first-order valence-electron chi connectivity index (χ1n) is 9.46. The number of hydrogen-bond donors (Lipinski definition) is 1. The van der Waals surface area contributed by atoms with E-state index in [9.17, 15) is 14.0 Å². The number of likely N-dealkylation sites (tertiary alicyclic amines) is 1. The zero-order valence-corrected chi connectivity index (χ0v) is 14.7. The van der Waals surface area contributed by atoms with Crippen LogP contribution in [-0.2, 0) is 16.0 Å². The van der Waals surface area contributed by atoms with E-state index in [4.69, 9.17) is 0 Å². The highest BCUT2D eigenvalue weighted by atomic mass is 19.1. The Balaban J connectivity index is 1.54. The Hall–Kier alpha value is -1.91. The maximum atomic E-state index is 13.2. The average Bonchev–Trinajstić information content (AvgIpc) is 3.16. The van der Waals surface area contributed by atoms with Gasteiger partial charge in [-0.25, -0.2) is 4.39 Å². The minimum absolute atomic E-state index is 0.0198. The van der Waals surface area contributed by atoms with Gasteiger partial charge < -0.3 is 10.2 Å². The Morgan fingerprint density at radius 2 is 1.80 bits per heavy atom. The van der Waals surface area contributed by atoms with Crippen LogP contribution in [0.1, 0.15) is 44.1 Å². The SMILES string of the molecule is O=C(NCCc1cccc(F)c1)[C@@H]1CCCC[C@H]1C(=O)N1CCCC1. The fourth-order valence-electron chi connectivity index (χ4n) is 4.07. The van der Waals surface area contributed by atoms with E-state index in [1.807, 2.05) is 11.0 Å². The summed E-state index contributed by atoms with van der Waals surface area (Å²) >= 11 is 0. The van der Waals surface area contributed by atoms with Gasteiger partial charge in [0.1, 0.15) is 5.82 Å². The van der Waals surface area contributed by atoms with E-state index in [1.165, 1.54) is 12.1 Å². The third-order valence-corrected chi connectivity index (χ3v) is 5.44. The quantitative estimate of drug-likeness (QED) is 0.891. The standard InChI is InChI=1S/C20H27FN2O2/c21-16-7-5-6-15(14-16)10-11-22-19(24)17-8-1-2-9-18(17)20(25)23-12-3-4-13-23/h5-7,14,17-18H,1-4,8-13H2,(H,22,24)/t17-,18-/m1/s1. The molecule has 0 aromatic heterocycles. The van der Waals surface area contributed by atoms with E-state index in [0.717, 1.165) is 57.2 Å². The van der Waals surface area contributed by atoms with Crippen molar-refractivity contribution in [3.8, 4) is 0 Å². The lowest BCUT2D eigenvalue weighted by Crippen LogP contribution is -2.45. The third kappa shape index (κ3) is 4.59. The molecule has 136 valence electrons. The van der Waals surface area contributed by atoms with Gasteiger partial charge in [-0.1, -0.05) is 25.0 Å². The van der Waals surface area contributed by atoms with Crippen LogP contribution in [0.15, 0.2) is 24.3 Å². The molecule has 0 spiro atoms. The molecule has 2 atom stereocenters. The lowest BCUT2D eigenvalue weighted by molar-refractivity contribution is -0.142. The summed E-state index contributed by atoms with van der Waals surface area (Å²) in [5.41, 5.74) is 0.869. The molecule has 1 N–H and O–H groups in total. The molecule has 2 aliphatic rings. The third-order valence-electron chi connectivity index (χ3n) is 5.44. The molecule has 2 amide bonds. The van der Waals surface area contributed by atoms with Crippen molar-refractivity contribution in [1.82, 2.24) is 10.2 Å². The summed E-state index contributed by atoms with van der Waals surface area (Å²) < 4.78 is 13.2. The first-order chi connectivity index (χ1) is 12.1. The van der Waals surface area contributed by atoms with E-state index in [2.05, 4.69) is 5.32 Å². The van der Waals surface area contributed by atoms with Crippen molar-refractivity contribution < 1.29 is 14.0 Å². The maximum Gasteiger partial charge on any atom is 0.226 e. The van der Waals surface area contributed by atoms with Crippen LogP contribution < -0.4 is 5.32 Å². The Kier molecular flexibility index (Phi) is 6.05. The zero-order chi connectivity index (χ0) is 17.6. The van der Waals surface area contributed by atoms with Crippen LogP contribution in [0.25, 0.3) is 0 Å². The number of carbonyl (C=O) groups excluding carboxylic acids is 2. The molecule has 1 heterocycles. The molecule has 1 aromatic rings. The van der Waals surface area contributed by atoms with Crippen molar-refractivity contribution in [2.75, 3.05) is 19.6 Å². The van der Waals surface area contributed by atoms with Crippen LogP contribution in [0.5, 0.6) is 0 Å². The first-order valence-corrected chi connectivity index (χ1v) is 9.46. The normalized spacial score (nSPS) is 23.5. The predicted octanol–water partition coefficient (Wildman–Crippen LogP) is 2.91. The second kappa shape index (κ2) is 8.45. The second-order valence-corrected chi connectivity index (χ2v) is 7.20. The van der Waals surface area contributed by atoms with Gasteiger partial charge in [0.25, 0.3) is 0 Å². The molecule has 1 aliphatic heterocycles. The van der Waals surface area contributed by atoms with Gasteiger partial charge in [0.15, 0.2) is 0 Å². The first kappa shape index (κ1) is 17.9. The topological polar surface area (TPSA) is 49.4 Å². The summed E-state index contributed by atoms with van der Waals surface area (Å²) in [7, 11) is 0. The Bertz CT molecular complexity index is 613. The fourth-order valence-corrected chi connectivity index (χ4v) is 4.07. The molecule has 4 nitrogen and oxygen atoms in total. The van der Waals surface area contributed by atoms with E-state index in [1.54, 1.807) is 6.07 Å². The lowest BCUT2D eigenvalue weighted by Gasteiger charge is -2.32. The van der Waals surface area contributed by atoms with Gasteiger partial charge in [-0.15, -0.1) is 0 Å². The molecular weight excluding hydrogens is 319 g/mol. The highest BCUT2D eigenvalue weighted by Gasteiger charge is 2.38. The molecule has 0 unspecified atom stereocenters. The van der Waals surface area contributed by atoms with Gasteiger partial charge in [0.05, 0.1) is 0 Å². The molecule has 25 heavy (non-hydrogen) atoms. The van der Waals surface area contributed by atoms with Crippen LogP contribution in [-0.4, -0.2) is 36.3 Å². The summed E-state index contributed by atoms with van der Waals surface area (Å²) in [5.74, 6) is -0.487. The molecule has 1 saturated carbocycles. The van der Waals surface area contributed by atoms with E-state index in [0.29, 0.717) is 13.0 Å². The van der Waals surface area contributed by atoms with Gasteiger partial charge >= 0.3 is 0 Å². The lowest BCUT2D eigenvalue weighted by atomic mass is 9.78. The van der Waals surface area contributed by atoms with Crippen LogP contribution in [0.2, 0.25) is 0 Å². The Morgan fingerprint density at radius 3 is 2.52 bits per heavy atom. The molecule has 0 bridgehead atoms. The Labute approximate surface area is 148 Å². The van der Waals surface area contributed by atoms with Crippen molar-refractivity contribution in [2.24, 2.45) is 11.8 Å². The van der Waals surface area contributed by atoms with Crippen molar-refractivity contribution in [3.63, 3.8) is 0 Å². The monoisotopic (exact) mass is 346 g/mol. The molecule has 1 aromatic carbocycles. The van der Waals surface area contributed by atoms with E-state index >= 15 is 0 Å².